The van der Waals surface area contributed by atoms with Gasteiger partial charge in [0.05, 0.1) is 6.42 Å². The van der Waals surface area contributed by atoms with Gasteiger partial charge in [-0.1, -0.05) is 0 Å². The summed E-state index contributed by atoms with van der Waals surface area (Å²) in [6.45, 7) is -0.843. The number of carboxylic acid groups (broad SMARTS) is 3. The van der Waals surface area contributed by atoms with E-state index in [9.17, 15) is 24.3 Å². The molecule has 1 rings (SSSR count). The summed E-state index contributed by atoms with van der Waals surface area (Å²) >= 11 is 0. The minimum Gasteiger partial charge on any atom is -0.480 e. The number of carbonyl (C=O) groups is 4. The molecule has 0 spiro atoms. The number of amides is 1. The van der Waals surface area contributed by atoms with Crippen LogP contribution in [0.4, 0.5) is 0 Å². The van der Waals surface area contributed by atoms with Gasteiger partial charge in [0.25, 0.3) is 0 Å². The Kier molecular flexibility index (Phi) is 7.67. The highest BCUT2D eigenvalue weighted by molar-refractivity contribution is 5.84. The Hall–Kier alpha value is -3.50. The maximum absolute atomic E-state index is 11.6. The predicted molar refractivity (Wildman–Crippen MR) is 88.1 cm³/mol. The molecule has 1 unspecified atom stereocenters. The number of rotatable bonds is 8. The fourth-order valence-corrected chi connectivity index (χ4v) is 1.97. The lowest BCUT2D eigenvalue weighted by Gasteiger charge is -2.24. The second-order valence-electron chi connectivity index (χ2n) is 5.21. The molecule has 0 aromatic heterocycles. The van der Waals surface area contributed by atoms with E-state index in [1.54, 1.807) is 0 Å². The summed E-state index contributed by atoms with van der Waals surface area (Å²) in [4.78, 5) is 48.6. The second kappa shape index (κ2) is 9.71. The van der Waals surface area contributed by atoms with Crippen molar-refractivity contribution in [3.05, 3.63) is 37.2 Å². The Morgan fingerprint density at radius 3 is 1.62 bits per heavy atom. The molecule has 4 N–H and O–H groups in total. The minimum absolute atomic E-state index is 0.355. The largest absolute Gasteiger partial charge is 0.480 e. The average molecular weight is 368 g/mol. The van der Waals surface area contributed by atoms with E-state index in [1.165, 1.54) is 58.9 Å². The van der Waals surface area contributed by atoms with E-state index >= 15 is 0 Å². The van der Waals surface area contributed by atoms with E-state index in [0.717, 1.165) is 0 Å². The standard InChI is InChI=1S/C15H20N4O7/c1-16-12(20)8-11(15(25)26)19-6-4-17(9-13(21)22)2-3-18(5-7-19)10-14(23)24/h2-7,11H,8-10H2,1H3,(H,16,20)(H,21,22)(H,23,24)(H,25,26)/b3-2-,6-4-,7-5-. The van der Waals surface area contributed by atoms with Crippen LogP contribution in [-0.4, -0.2) is 80.0 Å². The Balaban J connectivity index is 3.17. The molecule has 1 amide bonds. The fraction of sp³-hybridized carbons (Fsp3) is 0.333. The highest BCUT2D eigenvalue weighted by Gasteiger charge is 2.25. The average Bonchev–Trinajstić information content (AvgIpc) is 2.63. The van der Waals surface area contributed by atoms with Gasteiger partial charge in [0.2, 0.25) is 5.91 Å². The molecule has 1 aliphatic heterocycles. The SMILES string of the molecule is CNC(=O)CC(C(=O)O)N1/C=C\N(CC(=O)O)/C=C\N(CC(=O)O)/C=C\1. The molecule has 0 aliphatic carbocycles. The molecule has 0 fully saturated rings. The summed E-state index contributed by atoms with van der Waals surface area (Å²) in [6.07, 6.45) is 7.57. The van der Waals surface area contributed by atoms with Crippen LogP contribution < -0.4 is 5.32 Å². The Bertz CT molecular complexity index is 608. The first-order chi connectivity index (χ1) is 12.2. The van der Waals surface area contributed by atoms with Crippen molar-refractivity contribution in [1.29, 1.82) is 0 Å². The van der Waals surface area contributed by atoms with Gasteiger partial charge >= 0.3 is 17.9 Å². The summed E-state index contributed by atoms with van der Waals surface area (Å²) in [6, 6.07) is -1.26. The zero-order valence-electron chi connectivity index (χ0n) is 14.0. The van der Waals surface area contributed by atoms with E-state index in [-0.39, 0.29) is 6.42 Å². The first-order valence-corrected chi connectivity index (χ1v) is 7.43. The third-order valence-electron chi connectivity index (χ3n) is 3.25. The third-order valence-corrected chi connectivity index (χ3v) is 3.25. The van der Waals surface area contributed by atoms with Gasteiger partial charge in [-0.25, -0.2) is 4.79 Å². The van der Waals surface area contributed by atoms with Crippen LogP contribution in [-0.2, 0) is 19.2 Å². The smallest absolute Gasteiger partial charge is 0.327 e. The first-order valence-electron chi connectivity index (χ1n) is 7.43. The van der Waals surface area contributed by atoms with E-state index in [2.05, 4.69) is 5.32 Å². The number of hydrogen-bond donors (Lipinski definition) is 4. The van der Waals surface area contributed by atoms with Gasteiger partial charge in [0, 0.05) is 44.2 Å². The van der Waals surface area contributed by atoms with E-state index in [1.807, 2.05) is 0 Å². The quantitative estimate of drug-likeness (QED) is 0.423. The number of nitrogens with zero attached hydrogens (tertiary/aromatic N) is 3. The molecular weight excluding hydrogens is 348 g/mol. The summed E-state index contributed by atoms with van der Waals surface area (Å²) < 4.78 is 0. The topological polar surface area (TPSA) is 151 Å². The second-order valence-corrected chi connectivity index (χ2v) is 5.21. The zero-order chi connectivity index (χ0) is 19.7. The van der Waals surface area contributed by atoms with Crippen molar-refractivity contribution < 1.29 is 34.5 Å². The monoisotopic (exact) mass is 368 g/mol. The van der Waals surface area contributed by atoms with Crippen molar-refractivity contribution in [3.63, 3.8) is 0 Å². The van der Waals surface area contributed by atoms with E-state index in [0.29, 0.717) is 0 Å². The van der Waals surface area contributed by atoms with Crippen LogP contribution in [0.1, 0.15) is 6.42 Å². The van der Waals surface area contributed by atoms with Crippen LogP contribution in [0.25, 0.3) is 0 Å². The van der Waals surface area contributed by atoms with Crippen LogP contribution in [0.15, 0.2) is 37.2 Å². The lowest BCUT2D eigenvalue weighted by Crippen LogP contribution is -2.39. The molecule has 26 heavy (non-hydrogen) atoms. The Morgan fingerprint density at radius 2 is 1.27 bits per heavy atom. The number of carboxylic acids is 3. The van der Waals surface area contributed by atoms with Crippen LogP contribution in [0.2, 0.25) is 0 Å². The van der Waals surface area contributed by atoms with Gasteiger partial charge in [-0.3, -0.25) is 14.4 Å². The molecule has 1 atom stereocenters. The van der Waals surface area contributed by atoms with Crippen LogP contribution in [0, 0.1) is 0 Å². The summed E-state index contributed by atoms with van der Waals surface area (Å²) in [5.41, 5.74) is 0. The van der Waals surface area contributed by atoms with Gasteiger partial charge in [-0.15, -0.1) is 0 Å². The van der Waals surface area contributed by atoms with Crippen LogP contribution in [0.5, 0.6) is 0 Å². The number of nitrogens with one attached hydrogen (secondary N) is 1. The summed E-state index contributed by atoms with van der Waals surface area (Å²) in [5, 5.41) is 29.6. The van der Waals surface area contributed by atoms with Crippen molar-refractivity contribution in [3.8, 4) is 0 Å². The molecule has 0 radical (unpaired) electrons. The van der Waals surface area contributed by atoms with Crippen molar-refractivity contribution in [2.45, 2.75) is 12.5 Å². The maximum atomic E-state index is 11.6. The Labute approximate surface area is 149 Å². The van der Waals surface area contributed by atoms with Crippen molar-refractivity contribution in [2.75, 3.05) is 20.1 Å². The zero-order valence-corrected chi connectivity index (χ0v) is 14.0. The Morgan fingerprint density at radius 1 is 0.846 bits per heavy atom. The van der Waals surface area contributed by atoms with Crippen LogP contribution in [0.3, 0.4) is 0 Å². The third kappa shape index (κ3) is 6.95. The molecule has 0 saturated carbocycles. The first kappa shape index (κ1) is 20.5. The molecular formula is C15H20N4O7. The van der Waals surface area contributed by atoms with Crippen LogP contribution >= 0.6 is 0 Å². The number of hydrogen-bond acceptors (Lipinski definition) is 7. The van der Waals surface area contributed by atoms with Gasteiger partial charge in [-0.05, 0) is 0 Å². The van der Waals surface area contributed by atoms with Crippen molar-refractivity contribution >= 4 is 23.8 Å². The number of carbonyl (C=O) groups excluding carboxylic acids is 1. The molecule has 11 heteroatoms. The normalized spacial score (nSPS) is 18.7. The molecule has 1 heterocycles. The molecule has 0 aromatic carbocycles. The lowest BCUT2D eigenvalue weighted by molar-refractivity contribution is -0.143. The summed E-state index contributed by atoms with van der Waals surface area (Å²) in [5.74, 6) is -4.04. The highest BCUT2D eigenvalue weighted by atomic mass is 16.4. The van der Waals surface area contributed by atoms with Gasteiger partial charge in [0.1, 0.15) is 19.1 Å². The molecule has 0 aromatic rings. The van der Waals surface area contributed by atoms with E-state index in [4.69, 9.17) is 10.2 Å². The molecule has 1 aliphatic rings. The van der Waals surface area contributed by atoms with E-state index < -0.39 is 42.9 Å². The number of aliphatic carboxylic acids is 3. The minimum atomic E-state index is -1.27. The molecule has 142 valence electrons. The van der Waals surface area contributed by atoms with Crippen molar-refractivity contribution in [1.82, 2.24) is 20.0 Å². The molecule has 0 bridgehead atoms. The predicted octanol–water partition coefficient (Wildman–Crippen LogP) is -0.922. The van der Waals surface area contributed by atoms with Gasteiger partial charge in [0.15, 0.2) is 0 Å². The summed E-state index contributed by atoms with van der Waals surface area (Å²) in [7, 11) is 1.37. The maximum Gasteiger partial charge on any atom is 0.327 e. The highest BCUT2D eigenvalue weighted by Crippen LogP contribution is 2.11. The van der Waals surface area contributed by atoms with Gasteiger partial charge in [-0.2, -0.15) is 0 Å². The molecule has 0 saturated heterocycles. The lowest BCUT2D eigenvalue weighted by atomic mass is 10.2. The fourth-order valence-electron chi connectivity index (χ4n) is 1.97. The van der Waals surface area contributed by atoms with Crippen molar-refractivity contribution in [2.24, 2.45) is 0 Å². The van der Waals surface area contributed by atoms with Gasteiger partial charge < -0.3 is 35.3 Å². The molecule has 11 nitrogen and oxygen atoms in total.